The predicted molar refractivity (Wildman–Crippen MR) is 125 cm³/mol. The van der Waals surface area contributed by atoms with Crippen LogP contribution in [0, 0.1) is 0 Å². The summed E-state index contributed by atoms with van der Waals surface area (Å²) in [7, 11) is 0. The Kier molecular flexibility index (Phi) is 7.55. The number of pyridine rings is 1. The first-order valence-corrected chi connectivity index (χ1v) is 11.6. The summed E-state index contributed by atoms with van der Waals surface area (Å²) in [5, 5.41) is 2.84. The number of anilines is 1. The smallest absolute Gasteiger partial charge is 0.295 e. The zero-order valence-corrected chi connectivity index (χ0v) is 19.7. The van der Waals surface area contributed by atoms with E-state index in [1.54, 1.807) is 18.2 Å². The van der Waals surface area contributed by atoms with Crippen LogP contribution in [0.25, 0.3) is 0 Å². The number of halogens is 2. The molecule has 1 atom stereocenters. The lowest BCUT2D eigenvalue weighted by Gasteiger charge is -2.37. The maximum atomic E-state index is 17.0. The maximum absolute atomic E-state index is 17.0. The summed E-state index contributed by atoms with van der Waals surface area (Å²) in [5.41, 5.74) is 1.14. The van der Waals surface area contributed by atoms with E-state index in [-0.39, 0.29) is 22.7 Å². The Labute approximate surface area is 194 Å². The number of rotatable bonds is 6. The van der Waals surface area contributed by atoms with Crippen molar-refractivity contribution in [2.75, 3.05) is 10.8 Å². The van der Waals surface area contributed by atoms with Crippen LogP contribution >= 0.6 is 11.6 Å². The van der Waals surface area contributed by atoms with Crippen molar-refractivity contribution in [3.05, 3.63) is 59.9 Å². The molecule has 1 aromatic heterocycles. The lowest BCUT2D eigenvalue weighted by Crippen LogP contribution is -2.58. The van der Waals surface area contributed by atoms with Gasteiger partial charge in [-0.3, -0.25) is 19.5 Å². The molecule has 1 aliphatic rings. The van der Waals surface area contributed by atoms with E-state index in [4.69, 9.17) is 11.6 Å². The molecule has 32 heavy (non-hydrogen) atoms. The monoisotopic (exact) mass is 459 g/mol. The van der Waals surface area contributed by atoms with Crippen LogP contribution in [-0.2, 0) is 20.8 Å². The molecule has 2 amide bonds. The molecule has 1 heterocycles. The highest BCUT2D eigenvalue weighted by Gasteiger charge is 2.50. The van der Waals surface area contributed by atoms with Gasteiger partial charge in [0.25, 0.3) is 11.7 Å². The Bertz CT molecular complexity index is 924. The fourth-order valence-electron chi connectivity index (χ4n) is 4.11. The van der Waals surface area contributed by atoms with Gasteiger partial charge in [-0.25, -0.2) is 4.39 Å². The minimum absolute atomic E-state index is 0.0216. The van der Waals surface area contributed by atoms with Crippen molar-refractivity contribution in [3.8, 4) is 0 Å². The Morgan fingerprint density at radius 1 is 1.09 bits per heavy atom. The van der Waals surface area contributed by atoms with Crippen LogP contribution in [0.5, 0.6) is 0 Å². The second kappa shape index (κ2) is 9.99. The molecule has 0 radical (unpaired) electrons. The second-order valence-electron chi connectivity index (χ2n) is 9.33. The zero-order chi connectivity index (χ0) is 23.4. The van der Waals surface area contributed by atoms with Crippen molar-refractivity contribution in [3.63, 3.8) is 0 Å². The van der Waals surface area contributed by atoms with Crippen molar-refractivity contribution < 1.29 is 14.0 Å². The van der Waals surface area contributed by atoms with Gasteiger partial charge >= 0.3 is 0 Å². The van der Waals surface area contributed by atoms with Gasteiger partial charge < -0.3 is 5.32 Å². The predicted octanol–water partition coefficient (Wildman–Crippen LogP) is 5.22. The number of hydrogen-bond acceptors (Lipinski definition) is 3. The third-order valence-corrected chi connectivity index (χ3v) is 6.18. The molecule has 0 bridgehead atoms. The SMILES string of the molecule is CC(C)(C)c1ccc(N(C(=O)CCl)C(F)(C(=O)NC2CCCCC2)c2cccnc2)cc1. The van der Waals surface area contributed by atoms with E-state index in [1.165, 1.54) is 18.5 Å². The number of nitrogens with zero attached hydrogens (tertiary/aromatic N) is 2. The van der Waals surface area contributed by atoms with Crippen LogP contribution in [0.15, 0.2) is 48.8 Å². The third-order valence-electron chi connectivity index (χ3n) is 5.95. The maximum Gasteiger partial charge on any atom is 0.295 e. The zero-order valence-electron chi connectivity index (χ0n) is 18.9. The van der Waals surface area contributed by atoms with E-state index in [0.717, 1.165) is 42.6 Å². The Morgan fingerprint density at radius 3 is 2.28 bits per heavy atom. The largest absolute Gasteiger partial charge is 0.349 e. The molecular weight excluding hydrogens is 429 g/mol. The van der Waals surface area contributed by atoms with Crippen molar-refractivity contribution in [1.82, 2.24) is 10.3 Å². The highest BCUT2D eigenvalue weighted by Crippen LogP contribution is 2.37. The summed E-state index contributed by atoms with van der Waals surface area (Å²) in [6.45, 7) is 6.20. The Balaban J connectivity index is 2.08. The summed E-state index contributed by atoms with van der Waals surface area (Å²) < 4.78 is 17.0. The standard InChI is InChI=1S/C25H31ClFN3O2/c1-24(2,3)18-11-13-21(14-12-18)30(22(31)16-26)25(27,19-8-7-15-28-17-19)23(32)29-20-9-5-4-6-10-20/h7-8,11-15,17,20H,4-6,9-10,16H2,1-3H3,(H,29,32). The molecule has 5 nitrogen and oxygen atoms in total. The Hall–Kier alpha value is -2.47. The topological polar surface area (TPSA) is 62.3 Å². The average Bonchev–Trinajstić information content (AvgIpc) is 2.80. The number of carbonyl (C=O) groups excluding carboxylic acids is 2. The summed E-state index contributed by atoms with van der Waals surface area (Å²) >= 11 is 5.89. The van der Waals surface area contributed by atoms with Crippen LogP contribution in [0.2, 0.25) is 0 Å². The molecule has 1 aromatic carbocycles. The number of benzene rings is 1. The molecule has 0 spiro atoms. The fourth-order valence-corrected chi connectivity index (χ4v) is 4.23. The molecule has 1 N–H and O–H groups in total. The molecule has 1 unspecified atom stereocenters. The molecule has 2 aromatic rings. The van der Waals surface area contributed by atoms with Crippen LogP contribution in [0.1, 0.15) is 64.0 Å². The molecule has 7 heteroatoms. The van der Waals surface area contributed by atoms with Gasteiger partial charge in [-0.05, 0) is 42.0 Å². The highest BCUT2D eigenvalue weighted by atomic mass is 35.5. The molecule has 0 saturated heterocycles. The first kappa shape index (κ1) is 24.2. The molecule has 0 aliphatic heterocycles. The number of alkyl halides is 2. The number of carbonyl (C=O) groups is 2. The normalized spacial score (nSPS) is 16.8. The first-order chi connectivity index (χ1) is 15.2. The lowest BCUT2D eigenvalue weighted by atomic mass is 9.87. The van der Waals surface area contributed by atoms with E-state index >= 15 is 4.39 Å². The van der Waals surface area contributed by atoms with E-state index in [2.05, 4.69) is 31.1 Å². The molecule has 1 aliphatic carbocycles. The van der Waals surface area contributed by atoms with Gasteiger partial charge in [-0.1, -0.05) is 58.2 Å². The fraction of sp³-hybridized carbons (Fsp3) is 0.480. The van der Waals surface area contributed by atoms with Crippen LogP contribution in [0.4, 0.5) is 10.1 Å². The van der Waals surface area contributed by atoms with E-state index in [1.807, 2.05) is 12.1 Å². The minimum atomic E-state index is -2.79. The van der Waals surface area contributed by atoms with Gasteiger partial charge in [-0.15, -0.1) is 11.6 Å². The Morgan fingerprint density at radius 2 is 1.75 bits per heavy atom. The number of nitrogens with one attached hydrogen (secondary N) is 1. The number of amides is 2. The van der Waals surface area contributed by atoms with Crippen LogP contribution < -0.4 is 10.2 Å². The van der Waals surface area contributed by atoms with E-state index in [9.17, 15) is 9.59 Å². The van der Waals surface area contributed by atoms with Crippen molar-refractivity contribution >= 4 is 29.1 Å². The van der Waals surface area contributed by atoms with Crippen molar-refractivity contribution in [2.45, 2.75) is 70.1 Å². The van der Waals surface area contributed by atoms with Gasteiger partial charge in [0, 0.05) is 29.7 Å². The lowest BCUT2D eigenvalue weighted by molar-refractivity contribution is -0.138. The quantitative estimate of drug-likeness (QED) is 0.475. The second-order valence-corrected chi connectivity index (χ2v) is 9.60. The number of hydrogen-bond donors (Lipinski definition) is 1. The summed E-state index contributed by atoms with van der Waals surface area (Å²) in [6.07, 6.45) is 7.42. The van der Waals surface area contributed by atoms with Gasteiger partial charge in [0.1, 0.15) is 5.88 Å². The van der Waals surface area contributed by atoms with Crippen molar-refractivity contribution in [2.24, 2.45) is 0 Å². The van der Waals surface area contributed by atoms with Crippen LogP contribution in [-0.4, -0.2) is 28.7 Å². The summed E-state index contributed by atoms with van der Waals surface area (Å²) in [4.78, 5) is 31.3. The summed E-state index contributed by atoms with van der Waals surface area (Å²) in [5.74, 6) is -4.85. The third kappa shape index (κ3) is 5.12. The molecular formula is C25H31ClFN3O2. The number of aromatic nitrogens is 1. The minimum Gasteiger partial charge on any atom is -0.349 e. The average molecular weight is 460 g/mol. The molecule has 172 valence electrons. The molecule has 3 rings (SSSR count). The van der Waals surface area contributed by atoms with Gasteiger partial charge in [-0.2, -0.15) is 0 Å². The van der Waals surface area contributed by atoms with Crippen LogP contribution in [0.3, 0.4) is 0 Å². The van der Waals surface area contributed by atoms with Crippen molar-refractivity contribution in [1.29, 1.82) is 0 Å². The van der Waals surface area contributed by atoms with E-state index < -0.39 is 23.5 Å². The van der Waals surface area contributed by atoms with Gasteiger partial charge in [0.2, 0.25) is 5.91 Å². The molecule has 1 saturated carbocycles. The molecule has 1 fully saturated rings. The summed E-state index contributed by atoms with van der Waals surface area (Å²) in [6, 6.07) is 9.88. The van der Waals surface area contributed by atoms with Gasteiger partial charge in [0.05, 0.1) is 0 Å². The van der Waals surface area contributed by atoms with Gasteiger partial charge in [0.15, 0.2) is 0 Å². The van der Waals surface area contributed by atoms with E-state index in [0.29, 0.717) is 0 Å². The first-order valence-electron chi connectivity index (χ1n) is 11.1. The highest BCUT2D eigenvalue weighted by molar-refractivity contribution is 6.30.